The molecule has 0 spiro atoms. The first-order valence-electron chi connectivity index (χ1n) is 5.97. The highest BCUT2D eigenvalue weighted by atomic mass is 16.5. The van der Waals surface area contributed by atoms with Crippen molar-refractivity contribution in [2.75, 3.05) is 7.11 Å². The molecule has 5 nitrogen and oxygen atoms in total. The number of hydrogen-bond acceptors (Lipinski definition) is 5. The number of nitrogens with one attached hydrogen (secondary N) is 1. The third-order valence-electron chi connectivity index (χ3n) is 3.24. The zero-order valence-corrected chi connectivity index (χ0v) is 10.4. The Morgan fingerprint density at radius 1 is 1.33 bits per heavy atom. The summed E-state index contributed by atoms with van der Waals surface area (Å²) in [6, 6.07) is 6.22. The van der Waals surface area contributed by atoms with Gasteiger partial charge in [0.1, 0.15) is 6.10 Å². The molecule has 1 atom stereocenters. The van der Waals surface area contributed by atoms with Gasteiger partial charge in [-0.15, -0.1) is 0 Å². The van der Waals surface area contributed by atoms with Crippen molar-refractivity contribution in [3.8, 4) is 11.5 Å². The molecule has 1 aromatic carbocycles. The molecule has 0 amide bonds. The summed E-state index contributed by atoms with van der Waals surface area (Å²) in [7, 11) is 1.63. The molecule has 5 heteroatoms. The number of ether oxygens (including phenoxy) is 1. The molecular formula is C13H15N3O2. The Morgan fingerprint density at radius 2 is 2.17 bits per heavy atom. The second-order valence-corrected chi connectivity index (χ2v) is 4.42. The molecule has 0 radical (unpaired) electrons. The Kier molecular flexibility index (Phi) is 2.85. The van der Waals surface area contributed by atoms with E-state index in [-0.39, 0.29) is 6.10 Å². The van der Waals surface area contributed by atoms with E-state index in [1.165, 1.54) is 11.1 Å². The van der Waals surface area contributed by atoms with E-state index in [1.807, 2.05) is 13.0 Å². The molecule has 2 aromatic rings. The summed E-state index contributed by atoms with van der Waals surface area (Å²) in [6.45, 7) is 3.73. The minimum Gasteiger partial charge on any atom is -0.374 e. The average Bonchev–Trinajstić information content (AvgIpc) is 3.05. The standard InChI is InChI=1S/C13H15N3O2/c1-8(17-2)12-15-13(18-16-12)9-3-4-10-6-14-7-11(10)5-9/h3-5,8,14H,6-7H2,1-2H3. The van der Waals surface area contributed by atoms with Crippen LogP contribution >= 0.6 is 0 Å². The molecule has 2 heterocycles. The van der Waals surface area contributed by atoms with Crippen molar-refractivity contribution in [3.63, 3.8) is 0 Å². The van der Waals surface area contributed by atoms with Crippen molar-refractivity contribution >= 4 is 0 Å². The van der Waals surface area contributed by atoms with Crippen molar-refractivity contribution in [2.24, 2.45) is 0 Å². The first kappa shape index (κ1) is 11.4. The number of fused-ring (bicyclic) bond motifs is 1. The molecule has 1 aromatic heterocycles. The number of nitrogens with zero attached hydrogens (tertiary/aromatic N) is 2. The van der Waals surface area contributed by atoms with E-state index in [9.17, 15) is 0 Å². The van der Waals surface area contributed by atoms with E-state index in [2.05, 4.69) is 27.6 Å². The van der Waals surface area contributed by atoms with E-state index < -0.39 is 0 Å². The van der Waals surface area contributed by atoms with Gasteiger partial charge in [0, 0.05) is 25.8 Å². The van der Waals surface area contributed by atoms with E-state index in [1.54, 1.807) is 7.11 Å². The fourth-order valence-electron chi connectivity index (χ4n) is 2.05. The number of methoxy groups -OCH3 is 1. The van der Waals surface area contributed by atoms with Crippen LogP contribution in [0, 0.1) is 0 Å². The van der Waals surface area contributed by atoms with Crippen LogP contribution in [0.2, 0.25) is 0 Å². The second-order valence-electron chi connectivity index (χ2n) is 4.42. The van der Waals surface area contributed by atoms with Crippen LogP contribution in [0.15, 0.2) is 22.7 Å². The van der Waals surface area contributed by atoms with Gasteiger partial charge in [0.15, 0.2) is 0 Å². The predicted molar refractivity (Wildman–Crippen MR) is 65.7 cm³/mol. The SMILES string of the molecule is COC(C)c1noc(-c2ccc3c(c2)CNC3)n1. The zero-order valence-electron chi connectivity index (χ0n) is 10.4. The zero-order chi connectivity index (χ0) is 12.5. The summed E-state index contributed by atoms with van der Waals surface area (Å²) < 4.78 is 10.4. The molecule has 0 fully saturated rings. The van der Waals surface area contributed by atoms with Gasteiger partial charge in [0.25, 0.3) is 5.89 Å². The summed E-state index contributed by atoms with van der Waals surface area (Å²) in [5.41, 5.74) is 3.59. The number of rotatable bonds is 3. The van der Waals surface area contributed by atoms with E-state index in [4.69, 9.17) is 9.26 Å². The van der Waals surface area contributed by atoms with Gasteiger partial charge in [0.2, 0.25) is 5.82 Å². The third kappa shape index (κ3) is 1.91. The molecule has 1 aliphatic rings. The van der Waals surface area contributed by atoms with Crippen LogP contribution in [0.5, 0.6) is 0 Å². The highest BCUT2D eigenvalue weighted by Crippen LogP contribution is 2.25. The first-order chi connectivity index (χ1) is 8.78. The van der Waals surface area contributed by atoms with Crippen LogP contribution in [0.1, 0.15) is 30.0 Å². The summed E-state index contributed by atoms with van der Waals surface area (Å²) in [4.78, 5) is 4.35. The van der Waals surface area contributed by atoms with Crippen LogP contribution in [0.4, 0.5) is 0 Å². The van der Waals surface area contributed by atoms with Gasteiger partial charge in [-0.25, -0.2) is 0 Å². The van der Waals surface area contributed by atoms with E-state index >= 15 is 0 Å². The van der Waals surface area contributed by atoms with Crippen LogP contribution < -0.4 is 5.32 Å². The minimum absolute atomic E-state index is 0.154. The van der Waals surface area contributed by atoms with Crippen molar-refractivity contribution in [2.45, 2.75) is 26.1 Å². The normalized spacial score (nSPS) is 15.7. The lowest BCUT2D eigenvalue weighted by Gasteiger charge is -2.01. The van der Waals surface area contributed by atoms with Gasteiger partial charge in [-0.05, 0) is 30.2 Å². The monoisotopic (exact) mass is 245 g/mol. The van der Waals surface area contributed by atoms with Crippen LogP contribution in [0.3, 0.4) is 0 Å². The van der Waals surface area contributed by atoms with Crippen LogP contribution in [-0.4, -0.2) is 17.3 Å². The smallest absolute Gasteiger partial charge is 0.258 e. The molecule has 18 heavy (non-hydrogen) atoms. The molecule has 0 aliphatic carbocycles. The lowest BCUT2D eigenvalue weighted by atomic mass is 10.1. The van der Waals surface area contributed by atoms with Crippen molar-refractivity contribution in [1.29, 1.82) is 0 Å². The highest BCUT2D eigenvalue weighted by molar-refractivity contribution is 5.56. The Labute approximate surface area is 105 Å². The minimum atomic E-state index is -0.154. The second kappa shape index (κ2) is 4.51. The van der Waals surface area contributed by atoms with Crippen molar-refractivity contribution < 1.29 is 9.26 Å². The third-order valence-corrected chi connectivity index (χ3v) is 3.24. The largest absolute Gasteiger partial charge is 0.374 e. The van der Waals surface area contributed by atoms with Gasteiger partial charge in [0.05, 0.1) is 0 Å². The summed E-state index contributed by atoms with van der Waals surface area (Å²) in [6.07, 6.45) is -0.154. The van der Waals surface area contributed by atoms with Crippen molar-refractivity contribution in [1.82, 2.24) is 15.5 Å². The summed E-state index contributed by atoms with van der Waals surface area (Å²) in [5, 5.41) is 7.24. The van der Waals surface area contributed by atoms with E-state index in [0.29, 0.717) is 11.7 Å². The molecule has 1 unspecified atom stereocenters. The Balaban J connectivity index is 1.92. The molecule has 0 saturated carbocycles. The van der Waals surface area contributed by atoms with Gasteiger partial charge < -0.3 is 14.6 Å². The number of aromatic nitrogens is 2. The summed E-state index contributed by atoms with van der Waals surface area (Å²) >= 11 is 0. The average molecular weight is 245 g/mol. The fraction of sp³-hybridized carbons (Fsp3) is 0.385. The molecule has 0 bridgehead atoms. The first-order valence-corrected chi connectivity index (χ1v) is 5.97. The predicted octanol–water partition coefficient (Wildman–Crippen LogP) is 2.05. The Morgan fingerprint density at radius 3 is 3.00 bits per heavy atom. The van der Waals surface area contributed by atoms with Crippen LogP contribution in [-0.2, 0) is 17.8 Å². The van der Waals surface area contributed by atoms with Crippen LogP contribution in [0.25, 0.3) is 11.5 Å². The quantitative estimate of drug-likeness (QED) is 0.896. The molecule has 3 rings (SSSR count). The molecule has 1 aliphatic heterocycles. The Bertz CT molecular complexity index is 565. The lowest BCUT2D eigenvalue weighted by molar-refractivity contribution is 0.109. The molecular weight excluding hydrogens is 230 g/mol. The van der Waals surface area contributed by atoms with Gasteiger partial charge in [-0.2, -0.15) is 4.98 Å². The maximum Gasteiger partial charge on any atom is 0.258 e. The molecule has 1 N–H and O–H groups in total. The highest BCUT2D eigenvalue weighted by Gasteiger charge is 2.16. The number of hydrogen-bond donors (Lipinski definition) is 1. The fourth-order valence-corrected chi connectivity index (χ4v) is 2.05. The molecule has 94 valence electrons. The van der Waals surface area contributed by atoms with Gasteiger partial charge in [-0.3, -0.25) is 0 Å². The van der Waals surface area contributed by atoms with Crippen molar-refractivity contribution in [3.05, 3.63) is 35.2 Å². The maximum atomic E-state index is 5.27. The summed E-state index contributed by atoms with van der Waals surface area (Å²) in [5.74, 6) is 1.12. The van der Waals surface area contributed by atoms with Gasteiger partial charge in [-0.1, -0.05) is 11.2 Å². The maximum absolute atomic E-state index is 5.27. The lowest BCUT2D eigenvalue weighted by Crippen LogP contribution is -1.99. The Hall–Kier alpha value is -1.72. The number of benzene rings is 1. The topological polar surface area (TPSA) is 60.2 Å². The van der Waals surface area contributed by atoms with Gasteiger partial charge >= 0.3 is 0 Å². The van der Waals surface area contributed by atoms with E-state index in [0.717, 1.165) is 18.7 Å². The molecule has 0 saturated heterocycles.